The van der Waals surface area contributed by atoms with Crippen molar-refractivity contribution < 1.29 is 18.0 Å². The minimum Gasteiger partial charge on any atom is -0.365 e. The van der Waals surface area contributed by atoms with Crippen LogP contribution >= 0.6 is 0 Å². The van der Waals surface area contributed by atoms with Crippen LogP contribution in [0.3, 0.4) is 0 Å². The van der Waals surface area contributed by atoms with Crippen LogP contribution in [-0.2, 0) is 13.2 Å². The average molecular weight is 405 g/mol. The molecule has 0 aliphatic rings. The molecule has 0 fully saturated rings. The second kappa shape index (κ2) is 7.78. The van der Waals surface area contributed by atoms with E-state index in [0.717, 1.165) is 12.1 Å². The summed E-state index contributed by atoms with van der Waals surface area (Å²) in [7, 11) is 1.74. The fraction of sp³-hybridized carbons (Fsp3) is 0.222. The number of alkyl halides is 3. The minimum absolute atomic E-state index is 0.0144. The van der Waals surface area contributed by atoms with Gasteiger partial charge in [0.05, 0.1) is 23.0 Å². The highest BCUT2D eigenvalue weighted by Crippen LogP contribution is 2.31. The number of rotatable bonds is 6. The summed E-state index contributed by atoms with van der Waals surface area (Å²) >= 11 is 0. The molecule has 152 valence electrons. The number of nitrogens with zero attached hydrogens (tertiary/aromatic N) is 4. The molecule has 0 aliphatic heterocycles. The monoisotopic (exact) mass is 405 g/mol. The highest BCUT2D eigenvalue weighted by Gasteiger charge is 2.30. The van der Waals surface area contributed by atoms with E-state index in [1.807, 2.05) is 0 Å². The third-order valence-corrected chi connectivity index (χ3v) is 4.08. The number of carbonyl (C=O) groups is 1. The van der Waals surface area contributed by atoms with Crippen LogP contribution in [0.15, 0.2) is 42.9 Å². The molecule has 3 aromatic rings. The lowest BCUT2D eigenvalue weighted by molar-refractivity contribution is -0.137. The number of hydrogen-bond acceptors (Lipinski definition) is 6. The van der Waals surface area contributed by atoms with Crippen molar-refractivity contribution in [3.8, 4) is 0 Å². The number of aromatic nitrogens is 4. The zero-order valence-corrected chi connectivity index (χ0v) is 15.5. The smallest absolute Gasteiger partial charge is 0.365 e. The van der Waals surface area contributed by atoms with E-state index >= 15 is 0 Å². The molecular weight excluding hydrogens is 387 g/mol. The molecule has 8 nitrogen and oxygen atoms in total. The molecule has 11 heteroatoms. The average Bonchev–Trinajstić information content (AvgIpc) is 3.05. The predicted molar refractivity (Wildman–Crippen MR) is 101 cm³/mol. The Labute approximate surface area is 164 Å². The first-order valence-corrected chi connectivity index (χ1v) is 8.49. The van der Waals surface area contributed by atoms with Gasteiger partial charge < -0.3 is 16.4 Å². The zero-order valence-electron chi connectivity index (χ0n) is 15.5. The third kappa shape index (κ3) is 4.81. The number of nitrogens with two attached hydrogens (primary N) is 1. The molecule has 1 unspecified atom stereocenters. The molecule has 0 saturated carbocycles. The molecule has 29 heavy (non-hydrogen) atoms. The molecule has 0 saturated heterocycles. The maximum atomic E-state index is 13.0. The molecule has 0 aliphatic carbocycles. The van der Waals surface area contributed by atoms with Gasteiger partial charge in [0.2, 0.25) is 5.95 Å². The van der Waals surface area contributed by atoms with Gasteiger partial charge in [0.25, 0.3) is 5.91 Å². The van der Waals surface area contributed by atoms with E-state index in [2.05, 4.69) is 25.7 Å². The van der Waals surface area contributed by atoms with Crippen LogP contribution in [0, 0.1) is 0 Å². The summed E-state index contributed by atoms with van der Waals surface area (Å²) in [5, 5.41) is 9.88. The van der Waals surface area contributed by atoms with Crippen molar-refractivity contribution in [2.75, 3.05) is 10.6 Å². The summed E-state index contributed by atoms with van der Waals surface area (Å²) in [6.07, 6.45) is 0.0481. The van der Waals surface area contributed by atoms with E-state index in [1.165, 1.54) is 12.3 Å². The van der Waals surface area contributed by atoms with Crippen molar-refractivity contribution in [1.82, 2.24) is 19.7 Å². The number of anilines is 3. The van der Waals surface area contributed by atoms with Gasteiger partial charge in [-0.25, -0.2) is 4.98 Å². The van der Waals surface area contributed by atoms with Crippen molar-refractivity contribution in [3.05, 3.63) is 59.5 Å². The number of amides is 1. The van der Waals surface area contributed by atoms with E-state index in [-0.39, 0.29) is 17.3 Å². The Hall–Kier alpha value is -3.63. The number of benzene rings is 1. The van der Waals surface area contributed by atoms with Gasteiger partial charge in [-0.1, -0.05) is 12.1 Å². The van der Waals surface area contributed by atoms with Gasteiger partial charge >= 0.3 is 6.18 Å². The fourth-order valence-electron chi connectivity index (χ4n) is 2.62. The molecule has 4 N–H and O–H groups in total. The molecule has 2 heterocycles. The molecule has 3 rings (SSSR count). The number of primary amides is 1. The molecule has 0 radical (unpaired) electrons. The lowest BCUT2D eigenvalue weighted by Gasteiger charge is -2.18. The van der Waals surface area contributed by atoms with Crippen LogP contribution in [-0.4, -0.2) is 25.7 Å². The van der Waals surface area contributed by atoms with E-state index in [1.54, 1.807) is 37.1 Å². The first-order chi connectivity index (χ1) is 13.6. The summed E-state index contributed by atoms with van der Waals surface area (Å²) in [6, 6.07) is 4.31. The third-order valence-electron chi connectivity index (χ3n) is 4.08. The maximum absolute atomic E-state index is 13.0. The Kier molecular flexibility index (Phi) is 5.39. The highest BCUT2D eigenvalue weighted by molar-refractivity contribution is 5.97. The van der Waals surface area contributed by atoms with E-state index in [9.17, 15) is 18.0 Å². The van der Waals surface area contributed by atoms with E-state index in [0.29, 0.717) is 11.3 Å². The molecule has 1 aromatic carbocycles. The largest absolute Gasteiger partial charge is 0.416 e. The van der Waals surface area contributed by atoms with Gasteiger partial charge in [-0.05, 0) is 24.6 Å². The maximum Gasteiger partial charge on any atom is 0.416 e. The van der Waals surface area contributed by atoms with Crippen LogP contribution in [0.25, 0.3) is 0 Å². The summed E-state index contributed by atoms with van der Waals surface area (Å²) in [4.78, 5) is 20.0. The van der Waals surface area contributed by atoms with Crippen molar-refractivity contribution in [2.24, 2.45) is 12.8 Å². The normalized spacial score (nSPS) is 12.4. The van der Waals surface area contributed by atoms with Gasteiger partial charge in [0.15, 0.2) is 0 Å². The molecular formula is C18H18F3N7O. The molecule has 1 amide bonds. The SMILES string of the molecule is CC(Nc1nc(Nc2cnn(C)c2)ncc1C(N)=O)c1cccc(C(F)(F)F)c1. The van der Waals surface area contributed by atoms with Gasteiger partial charge in [0.1, 0.15) is 5.82 Å². The van der Waals surface area contributed by atoms with Crippen LogP contribution in [0.2, 0.25) is 0 Å². The topological polar surface area (TPSA) is 111 Å². The minimum atomic E-state index is -4.45. The first kappa shape index (κ1) is 20.1. The van der Waals surface area contributed by atoms with Crippen LogP contribution < -0.4 is 16.4 Å². The number of nitrogens with one attached hydrogen (secondary N) is 2. The predicted octanol–water partition coefficient (Wildman–Crippen LogP) is 3.24. The Morgan fingerprint density at radius 3 is 2.66 bits per heavy atom. The van der Waals surface area contributed by atoms with Crippen molar-refractivity contribution in [1.29, 1.82) is 0 Å². The van der Waals surface area contributed by atoms with Gasteiger partial charge in [0, 0.05) is 25.5 Å². The lowest BCUT2D eigenvalue weighted by atomic mass is 10.0. The molecule has 0 bridgehead atoms. The van der Waals surface area contributed by atoms with Crippen LogP contribution in [0.4, 0.5) is 30.6 Å². The zero-order chi connectivity index (χ0) is 21.2. The Morgan fingerprint density at radius 2 is 2.03 bits per heavy atom. The number of halogens is 3. The second-order valence-electron chi connectivity index (χ2n) is 6.34. The standard InChI is InChI=1S/C18H18F3N7O/c1-10(11-4-3-5-12(6-11)18(19,20)21)25-16-14(15(22)29)8-23-17(27-16)26-13-7-24-28(2)9-13/h3-10H,1-2H3,(H2,22,29)(H2,23,25,26,27). The number of hydrogen-bond donors (Lipinski definition) is 3. The first-order valence-electron chi connectivity index (χ1n) is 8.49. The van der Waals surface area contributed by atoms with Crippen LogP contribution in [0.1, 0.15) is 34.5 Å². The summed E-state index contributed by atoms with van der Waals surface area (Å²) in [5.74, 6) is -0.498. The van der Waals surface area contributed by atoms with E-state index < -0.39 is 23.7 Å². The second-order valence-corrected chi connectivity index (χ2v) is 6.34. The number of carbonyl (C=O) groups excluding carboxylic acids is 1. The van der Waals surface area contributed by atoms with Gasteiger partial charge in [-0.3, -0.25) is 9.48 Å². The molecule has 2 aromatic heterocycles. The molecule has 1 atom stereocenters. The van der Waals surface area contributed by atoms with E-state index in [4.69, 9.17) is 5.73 Å². The van der Waals surface area contributed by atoms with Crippen molar-refractivity contribution >= 4 is 23.4 Å². The number of aryl methyl sites for hydroxylation is 1. The highest BCUT2D eigenvalue weighted by atomic mass is 19.4. The summed E-state index contributed by atoms with van der Waals surface area (Å²) < 4.78 is 40.5. The fourth-order valence-corrected chi connectivity index (χ4v) is 2.62. The Balaban J connectivity index is 1.88. The lowest BCUT2D eigenvalue weighted by Crippen LogP contribution is -2.18. The van der Waals surface area contributed by atoms with Gasteiger partial charge in [-0.2, -0.15) is 23.3 Å². The quantitative estimate of drug-likeness (QED) is 0.581. The summed E-state index contributed by atoms with van der Waals surface area (Å²) in [5.41, 5.74) is 5.62. The molecule has 0 spiro atoms. The Bertz CT molecular complexity index is 1030. The Morgan fingerprint density at radius 1 is 1.28 bits per heavy atom. The van der Waals surface area contributed by atoms with Crippen LogP contribution in [0.5, 0.6) is 0 Å². The van der Waals surface area contributed by atoms with Crippen molar-refractivity contribution in [3.63, 3.8) is 0 Å². The van der Waals surface area contributed by atoms with Crippen molar-refractivity contribution in [2.45, 2.75) is 19.1 Å². The van der Waals surface area contributed by atoms with Gasteiger partial charge in [-0.15, -0.1) is 0 Å². The summed E-state index contributed by atoms with van der Waals surface area (Å²) in [6.45, 7) is 1.65.